The molecule has 0 N–H and O–H groups in total. The molecule has 0 radical (unpaired) electrons. The minimum absolute atomic E-state index is 0.200. The van der Waals surface area contributed by atoms with E-state index in [4.69, 9.17) is 5.53 Å². The second-order valence-corrected chi connectivity index (χ2v) is 5.59. The van der Waals surface area contributed by atoms with Gasteiger partial charge in [0.1, 0.15) is 11.1 Å². The Morgan fingerprint density at radius 2 is 2.12 bits per heavy atom. The standard InChI is InChI=1S/C7H5FN2O4S2/c8-5-1-2-7(6(3-5)15(11)12)16(13,14)4-10-9/h1-4,7H. The zero-order valence-corrected chi connectivity index (χ0v) is 9.24. The summed E-state index contributed by atoms with van der Waals surface area (Å²) >= 11 is 0. The third kappa shape index (κ3) is 2.51. The van der Waals surface area contributed by atoms with E-state index in [0.29, 0.717) is 6.08 Å². The monoisotopic (exact) mass is 264 g/mol. The maximum absolute atomic E-state index is 12.7. The van der Waals surface area contributed by atoms with Crippen molar-refractivity contribution in [3.05, 3.63) is 29.6 Å². The first-order valence-electron chi connectivity index (χ1n) is 3.81. The Kier molecular flexibility index (Phi) is 3.53. The highest BCUT2D eigenvalue weighted by atomic mass is 32.2. The fourth-order valence-electron chi connectivity index (χ4n) is 1.09. The van der Waals surface area contributed by atoms with E-state index < -0.39 is 36.1 Å². The number of nitrogens with zero attached hydrogens (tertiary/aromatic N) is 2. The smallest absolute Gasteiger partial charge is 0.361 e. The summed E-state index contributed by atoms with van der Waals surface area (Å²) in [5, 5.41) is -1.57. The van der Waals surface area contributed by atoms with Crippen LogP contribution in [0.25, 0.3) is 5.53 Å². The van der Waals surface area contributed by atoms with Crippen LogP contribution >= 0.6 is 0 Å². The molecule has 86 valence electrons. The van der Waals surface area contributed by atoms with Crippen molar-refractivity contribution in [3.63, 3.8) is 0 Å². The molecule has 16 heavy (non-hydrogen) atoms. The van der Waals surface area contributed by atoms with Crippen molar-refractivity contribution < 1.29 is 26.0 Å². The first-order valence-corrected chi connectivity index (χ1v) is 6.50. The molecule has 0 bridgehead atoms. The quantitative estimate of drug-likeness (QED) is 0.220. The fourth-order valence-corrected chi connectivity index (χ4v) is 3.15. The minimum Gasteiger partial charge on any atom is -0.361 e. The summed E-state index contributed by atoms with van der Waals surface area (Å²) in [4.78, 5) is 1.68. The summed E-state index contributed by atoms with van der Waals surface area (Å²) in [6.07, 6.45) is 2.28. The number of sulfone groups is 1. The van der Waals surface area contributed by atoms with Gasteiger partial charge in [0.25, 0.3) is 9.84 Å². The van der Waals surface area contributed by atoms with Crippen LogP contribution in [0.5, 0.6) is 0 Å². The van der Waals surface area contributed by atoms with Gasteiger partial charge in [-0.25, -0.2) is 12.8 Å². The molecule has 0 aromatic carbocycles. The first kappa shape index (κ1) is 12.5. The van der Waals surface area contributed by atoms with E-state index >= 15 is 0 Å². The highest BCUT2D eigenvalue weighted by molar-refractivity contribution is 8.06. The predicted molar refractivity (Wildman–Crippen MR) is 54.6 cm³/mol. The molecule has 0 heterocycles. The predicted octanol–water partition coefficient (Wildman–Crippen LogP) is -0.497. The second-order valence-electron chi connectivity index (χ2n) is 2.76. The van der Waals surface area contributed by atoms with E-state index in [1.807, 2.05) is 0 Å². The Morgan fingerprint density at radius 3 is 2.62 bits per heavy atom. The van der Waals surface area contributed by atoms with Crippen LogP contribution in [0.15, 0.2) is 24.1 Å². The van der Waals surface area contributed by atoms with Crippen molar-refractivity contribution in [2.75, 3.05) is 0 Å². The molecule has 1 unspecified atom stereocenters. The molecule has 0 fully saturated rings. The highest BCUT2D eigenvalue weighted by Gasteiger charge is 2.32. The van der Waals surface area contributed by atoms with Crippen LogP contribution in [-0.4, -0.2) is 37.3 Å². The Hall–Kier alpha value is -1.57. The second kappa shape index (κ2) is 4.52. The van der Waals surface area contributed by atoms with E-state index in [9.17, 15) is 21.2 Å². The van der Waals surface area contributed by atoms with Gasteiger partial charge in [0.2, 0.25) is 10.3 Å². The van der Waals surface area contributed by atoms with Crippen molar-refractivity contribution >= 4 is 30.5 Å². The maximum atomic E-state index is 12.7. The van der Waals surface area contributed by atoms with Crippen molar-refractivity contribution in [1.82, 2.24) is 0 Å². The van der Waals surface area contributed by atoms with Gasteiger partial charge in [-0.15, -0.1) is 0 Å². The van der Waals surface area contributed by atoms with Gasteiger partial charge in [-0.3, -0.25) is 0 Å². The van der Waals surface area contributed by atoms with Crippen LogP contribution in [0, 0.1) is 0 Å². The molecule has 1 rings (SSSR count). The summed E-state index contributed by atoms with van der Waals surface area (Å²) in [6.45, 7) is 0. The molecule has 0 spiro atoms. The summed E-state index contributed by atoms with van der Waals surface area (Å²) in [7, 11) is -7.00. The van der Waals surface area contributed by atoms with E-state index in [1.165, 1.54) is 0 Å². The zero-order valence-electron chi connectivity index (χ0n) is 7.61. The molecule has 1 atom stereocenters. The molecule has 1 aliphatic rings. The van der Waals surface area contributed by atoms with Crippen LogP contribution in [0.1, 0.15) is 0 Å². The van der Waals surface area contributed by atoms with E-state index in [1.54, 1.807) is 0 Å². The van der Waals surface area contributed by atoms with Gasteiger partial charge in [-0.1, -0.05) is 6.08 Å². The molecule has 0 aromatic rings. The lowest BCUT2D eigenvalue weighted by Gasteiger charge is -2.09. The lowest BCUT2D eigenvalue weighted by atomic mass is 10.2. The summed E-state index contributed by atoms with van der Waals surface area (Å²) < 4.78 is 57.0. The Balaban J connectivity index is 3.45. The summed E-state index contributed by atoms with van der Waals surface area (Å²) in [5.41, 5.74) is 8.32. The lowest BCUT2D eigenvalue weighted by molar-refractivity contribution is 0.00753. The molecule has 0 amide bonds. The van der Waals surface area contributed by atoms with Gasteiger partial charge in [0.05, 0.1) is 4.86 Å². The van der Waals surface area contributed by atoms with Crippen molar-refractivity contribution in [2.24, 2.45) is 0 Å². The van der Waals surface area contributed by atoms with Gasteiger partial charge >= 0.3 is 5.55 Å². The number of rotatable bonds is 2. The molecule has 0 saturated carbocycles. The topological polar surface area (TPSA) is 105 Å². The third-order valence-corrected chi connectivity index (χ3v) is 4.14. The molecular formula is C7H5FN2O4S2. The first-order chi connectivity index (χ1) is 7.38. The molecular weight excluding hydrogens is 259 g/mol. The van der Waals surface area contributed by atoms with Crippen LogP contribution < -0.4 is 0 Å². The van der Waals surface area contributed by atoms with Crippen LogP contribution in [-0.2, 0) is 20.1 Å². The molecule has 6 nitrogen and oxygen atoms in total. The van der Waals surface area contributed by atoms with Gasteiger partial charge in [0, 0.05) is 0 Å². The average molecular weight is 264 g/mol. The van der Waals surface area contributed by atoms with Crippen molar-refractivity contribution in [2.45, 2.75) is 5.25 Å². The third-order valence-electron chi connectivity index (χ3n) is 1.73. The van der Waals surface area contributed by atoms with E-state index in [-0.39, 0.29) is 5.55 Å². The van der Waals surface area contributed by atoms with Gasteiger partial charge in [0.15, 0.2) is 0 Å². The number of hydrogen-bond donors (Lipinski definition) is 0. The Bertz CT molecular complexity index is 643. The molecule has 0 aliphatic heterocycles. The van der Waals surface area contributed by atoms with Gasteiger partial charge in [-0.2, -0.15) is 13.2 Å². The van der Waals surface area contributed by atoms with Gasteiger partial charge < -0.3 is 5.53 Å². The van der Waals surface area contributed by atoms with Crippen LogP contribution in [0.2, 0.25) is 0 Å². The van der Waals surface area contributed by atoms with Gasteiger partial charge in [-0.05, 0) is 12.2 Å². The molecule has 0 saturated heterocycles. The van der Waals surface area contributed by atoms with E-state index in [2.05, 4.69) is 4.79 Å². The largest absolute Gasteiger partial charge is 0.371 e. The Labute approximate surface area is 91.8 Å². The van der Waals surface area contributed by atoms with E-state index in [0.717, 1.165) is 12.2 Å². The number of halogens is 1. The lowest BCUT2D eigenvalue weighted by Crippen LogP contribution is -2.30. The van der Waals surface area contributed by atoms with Crippen molar-refractivity contribution in [3.8, 4) is 0 Å². The highest BCUT2D eigenvalue weighted by Crippen LogP contribution is 2.15. The zero-order chi connectivity index (χ0) is 12.3. The SMILES string of the molecule is [N-]=[N+]=CS(=O)(=O)C1C=CC(F)=CC1=S(=O)=O. The van der Waals surface area contributed by atoms with Crippen molar-refractivity contribution in [1.29, 1.82) is 0 Å². The minimum atomic E-state index is -4.12. The summed E-state index contributed by atoms with van der Waals surface area (Å²) in [5.74, 6) is -0.869. The molecule has 9 heteroatoms. The Morgan fingerprint density at radius 1 is 1.50 bits per heavy atom. The average Bonchev–Trinajstić information content (AvgIpc) is 2.16. The van der Waals surface area contributed by atoms with Crippen LogP contribution in [0.3, 0.4) is 0 Å². The fraction of sp³-hybridized carbons (Fsp3) is 0.143. The molecule has 1 aliphatic carbocycles. The number of allylic oxidation sites excluding steroid dienone is 3. The van der Waals surface area contributed by atoms with Crippen LogP contribution in [0.4, 0.5) is 4.39 Å². The maximum Gasteiger partial charge on any atom is 0.371 e. The molecule has 0 aromatic heterocycles. The summed E-state index contributed by atoms with van der Waals surface area (Å²) in [6, 6.07) is 0. The number of hydrogen-bond acceptors (Lipinski definition) is 4. The normalized spacial score (nSPS) is 19.9.